The van der Waals surface area contributed by atoms with E-state index in [1.165, 1.54) is 16.7 Å². The van der Waals surface area contributed by atoms with Crippen LogP contribution in [0.5, 0.6) is 0 Å². The van der Waals surface area contributed by atoms with E-state index in [0.717, 1.165) is 31.7 Å². The number of hydrogen-bond donors (Lipinski definition) is 1. The zero-order valence-electron chi connectivity index (χ0n) is 15.7. The Bertz CT molecular complexity index is 824. The summed E-state index contributed by atoms with van der Waals surface area (Å²) in [4.78, 5) is 4.29. The lowest BCUT2D eigenvalue weighted by Gasteiger charge is -2.32. The van der Waals surface area contributed by atoms with Crippen molar-refractivity contribution in [2.75, 3.05) is 19.7 Å². The van der Waals surface area contributed by atoms with E-state index >= 15 is 0 Å². The average molecular weight is 417 g/mol. The first kappa shape index (κ1) is 22.4. The van der Waals surface area contributed by atoms with Crippen molar-refractivity contribution in [3.05, 3.63) is 90.3 Å². The van der Waals surface area contributed by atoms with Gasteiger partial charge in [0, 0.05) is 37.0 Å². The van der Waals surface area contributed by atoms with E-state index in [0.29, 0.717) is 5.92 Å². The van der Waals surface area contributed by atoms with Crippen LogP contribution in [-0.4, -0.2) is 30.8 Å². The number of nitrogens with zero attached hydrogens (tertiary/aromatic N) is 1. The molecule has 0 bridgehead atoms. The van der Waals surface area contributed by atoms with Crippen molar-refractivity contribution in [1.82, 2.24) is 10.3 Å². The summed E-state index contributed by atoms with van der Waals surface area (Å²) in [6, 6.07) is 23.5. The largest absolute Gasteiger partial charge is 0.375 e. The maximum absolute atomic E-state index is 6.14. The van der Waals surface area contributed by atoms with Crippen LogP contribution in [0.2, 0.25) is 0 Å². The van der Waals surface area contributed by atoms with Gasteiger partial charge < -0.3 is 10.1 Å². The molecule has 1 aromatic heterocycles. The summed E-state index contributed by atoms with van der Waals surface area (Å²) in [7, 11) is 0. The third kappa shape index (κ3) is 5.33. The highest BCUT2D eigenvalue weighted by molar-refractivity contribution is 5.85. The van der Waals surface area contributed by atoms with Crippen LogP contribution in [0.1, 0.15) is 17.0 Å². The fraction of sp³-hybridized carbons (Fsp3) is 0.261. The van der Waals surface area contributed by atoms with E-state index in [-0.39, 0.29) is 30.9 Å². The van der Waals surface area contributed by atoms with Gasteiger partial charge >= 0.3 is 0 Å². The molecule has 0 radical (unpaired) electrons. The number of hydrogen-bond acceptors (Lipinski definition) is 3. The summed E-state index contributed by atoms with van der Waals surface area (Å²) >= 11 is 0. The molecule has 0 aliphatic carbocycles. The topological polar surface area (TPSA) is 34.2 Å². The Morgan fingerprint density at radius 1 is 0.964 bits per heavy atom. The summed E-state index contributed by atoms with van der Waals surface area (Å²) in [5.74, 6) is 0.321. The molecule has 2 atom stereocenters. The third-order valence-electron chi connectivity index (χ3n) is 5.06. The monoisotopic (exact) mass is 416 g/mol. The summed E-state index contributed by atoms with van der Waals surface area (Å²) < 4.78 is 6.14. The molecule has 1 saturated heterocycles. The fourth-order valence-corrected chi connectivity index (χ4v) is 3.75. The number of rotatable bonds is 5. The summed E-state index contributed by atoms with van der Waals surface area (Å²) in [6.07, 6.45) is 4.89. The molecule has 1 aliphatic rings. The van der Waals surface area contributed by atoms with Gasteiger partial charge in [-0.15, -0.1) is 24.8 Å². The Morgan fingerprint density at radius 2 is 1.75 bits per heavy atom. The molecule has 1 aliphatic heterocycles. The van der Waals surface area contributed by atoms with E-state index in [1.807, 2.05) is 18.5 Å². The number of morpholine rings is 1. The van der Waals surface area contributed by atoms with Crippen LogP contribution in [0.25, 0.3) is 11.1 Å². The molecular weight excluding hydrogens is 391 g/mol. The van der Waals surface area contributed by atoms with Gasteiger partial charge in [-0.1, -0.05) is 60.7 Å². The van der Waals surface area contributed by atoms with Crippen LogP contribution in [-0.2, 0) is 11.2 Å². The zero-order chi connectivity index (χ0) is 17.6. The third-order valence-corrected chi connectivity index (χ3v) is 5.06. The summed E-state index contributed by atoms with van der Waals surface area (Å²) in [5.41, 5.74) is 5.09. The van der Waals surface area contributed by atoms with E-state index in [9.17, 15) is 0 Å². The minimum atomic E-state index is 0. The highest BCUT2D eigenvalue weighted by Gasteiger charge is 2.27. The van der Waals surface area contributed by atoms with Crippen molar-refractivity contribution in [1.29, 1.82) is 0 Å². The Morgan fingerprint density at radius 3 is 2.46 bits per heavy atom. The van der Waals surface area contributed by atoms with Crippen molar-refractivity contribution in [2.24, 2.45) is 0 Å². The average Bonchev–Trinajstić information content (AvgIpc) is 2.74. The molecule has 3 aromatic rings. The maximum atomic E-state index is 6.14. The second-order valence-corrected chi connectivity index (χ2v) is 6.73. The molecule has 0 amide bonds. The number of pyridine rings is 1. The molecular formula is C23H26Cl2N2O. The van der Waals surface area contributed by atoms with Gasteiger partial charge in [-0.25, -0.2) is 0 Å². The predicted molar refractivity (Wildman–Crippen MR) is 120 cm³/mol. The first-order valence-corrected chi connectivity index (χ1v) is 9.27. The van der Waals surface area contributed by atoms with Crippen LogP contribution in [0.3, 0.4) is 0 Å². The molecule has 3 nitrogen and oxygen atoms in total. The molecule has 1 fully saturated rings. The van der Waals surface area contributed by atoms with E-state index < -0.39 is 0 Å². The number of ether oxygens (including phenoxy) is 1. The SMILES string of the molecule is Cl.Cl.c1ccc(C(Cc2ccccc2-c2cccnc2)C2CNCCO2)cc1. The second kappa shape index (κ2) is 11.2. The normalized spacial score (nSPS) is 17.1. The lowest BCUT2D eigenvalue weighted by Crippen LogP contribution is -2.42. The second-order valence-electron chi connectivity index (χ2n) is 6.73. The van der Waals surface area contributed by atoms with Crippen molar-refractivity contribution in [3.8, 4) is 11.1 Å². The van der Waals surface area contributed by atoms with Gasteiger partial charge in [-0.3, -0.25) is 4.98 Å². The summed E-state index contributed by atoms with van der Waals surface area (Å²) in [6.45, 7) is 2.61. The molecule has 0 spiro atoms. The first-order chi connectivity index (χ1) is 12.9. The van der Waals surface area contributed by atoms with Crippen molar-refractivity contribution >= 4 is 24.8 Å². The fourth-order valence-electron chi connectivity index (χ4n) is 3.75. The van der Waals surface area contributed by atoms with Gasteiger partial charge in [-0.05, 0) is 29.2 Å². The van der Waals surface area contributed by atoms with Crippen LogP contribution in [0.15, 0.2) is 79.1 Å². The smallest absolute Gasteiger partial charge is 0.0771 e. The lowest BCUT2D eigenvalue weighted by molar-refractivity contribution is 0.0110. The minimum absolute atomic E-state index is 0. The quantitative estimate of drug-likeness (QED) is 0.641. The van der Waals surface area contributed by atoms with Gasteiger partial charge in [0.15, 0.2) is 0 Å². The van der Waals surface area contributed by atoms with Crippen molar-refractivity contribution < 1.29 is 4.74 Å². The number of aromatic nitrogens is 1. The molecule has 0 saturated carbocycles. The molecule has 2 heterocycles. The molecule has 28 heavy (non-hydrogen) atoms. The Labute approximate surface area is 179 Å². The van der Waals surface area contributed by atoms with E-state index in [4.69, 9.17) is 4.74 Å². The van der Waals surface area contributed by atoms with Crippen LogP contribution < -0.4 is 5.32 Å². The van der Waals surface area contributed by atoms with Gasteiger partial charge in [0.1, 0.15) is 0 Å². The number of nitrogens with one attached hydrogen (secondary N) is 1. The Kier molecular flexibility index (Phi) is 8.94. The molecule has 4 rings (SSSR count). The van der Waals surface area contributed by atoms with Crippen LogP contribution in [0.4, 0.5) is 0 Å². The lowest BCUT2D eigenvalue weighted by atomic mass is 9.84. The maximum Gasteiger partial charge on any atom is 0.0771 e. The minimum Gasteiger partial charge on any atom is -0.375 e. The molecule has 2 unspecified atom stereocenters. The number of halogens is 2. The number of benzene rings is 2. The molecule has 148 valence electrons. The first-order valence-electron chi connectivity index (χ1n) is 9.27. The van der Waals surface area contributed by atoms with Gasteiger partial charge in [-0.2, -0.15) is 0 Å². The van der Waals surface area contributed by atoms with Gasteiger partial charge in [0.2, 0.25) is 0 Å². The molecule has 2 aromatic carbocycles. The standard InChI is InChI=1S/C23H24N2O.2ClH/c1-2-7-18(8-3-1)22(23-17-25-13-14-26-23)15-19-9-4-5-11-21(19)20-10-6-12-24-16-20;;/h1-12,16,22-23,25H,13-15,17H2;2*1H. The molecule has 5 heteroatoms. The van der Waals surface area contributed by atoms with Crippen LogP contribution in [0, 0.1) is 0 Å². The highest BCUT2D eigenvalue weighted by Crippen LogP contribution is 2.31. The van der Waals surface area contributed by atoms with Crippen LogP contribution >= 0.6 is 24.8 Å². The van der Waals surface area contributed by atoms with E-state index in [2.05, 4.69) is 71.0 Å². The Hall–Kier alpha value is -1.91. The zero-order valence-corrected chi connectivity index (χ0v) is 17.3. The summed E-state index contributed by atoms with van der Waals surface area (Å²) in [5, 5.41) is 3.48. The van der Waals surface area contributed by atoms with Crippen molar-refractivity contribution in [3.63, 3.8) is 0 Å². The Balaban J connectivity index is 0.00000140. The van der Waals surface area contributed by atoms with Gasteiger partial charge in [0.25, 0.3) is 0 Å². The van der Waals surface area contributed by atoms with Crippen molar-refractivity contribution in [2.45, 2.75) is 18.4 Å². The van der Waals surface area contributed by atoms with E-state index in [1.54, 1.807) is 0 Å². The molecule has 1 N–H and O–H groups in total. The highest BCUT2D eigenvalue weighted by atomic mass is 35.5. The van der Waals surface area contributed by atoms with Gasteiger partial charge in [0.05, 0.1) is 12.7 Å². The predicted octanol–water partition coefficient (Wildman–Crippen LogP) is 4.91.